The average Bonchev–Trinajstić information content (AvgIpc) is 2.53. The summed E-state index contributed by atoms with van der Waals surface area (Å²) in [6.07, 6.45) is 3.73. The normalized spacial score (nSPS) is 18.6. The number of thioether (sulfide) groups is 1. The monoisotopic (exact) mass is 301 g/mol. The molecule has 1 aromatic heterocycles. The molecular weight excluding hydrogens is 282 g/mol. The molecule has 4 nitrogen and oxygen atoms in total. The number of nitrogens with two attached hydrogens (primary N) is 1. The molecule has 0 saturated carbocycles. The van der Waals surface area contributed by atoms with E-state index in [1.165, 1.54) is 25.0 Å². The van der Waals surface area contributed by atoms with Crippen LogP contribution in [0.15, 0.2) is 30.3 Å². The lowest BCUT2D eigenvalue weighted by Gasteiger charge is -2.21. The number of hydrogen-bond donors (Lipinski definition) is 2. The van der Waals surface area contributed by atoms with Crippen LogP contribution in [0.5, 0.6) is 0 Å². The van der Waals surface area contributed by atoms with Crippen molar-refractivity contribution in [2.45, 2.75) is 24.5 Å². The topological polar surface area (TPSA) is 68.0 Å². The molecule has 110 valence electrons. The van der Waals surface area contributed by atoms with Crippen LogP contribution in [0.25, 0.3) is 10.8 Å². The number of carbonyl (C=O) groups is 1. The molecule has 1 aromatic carbocycles. The van der Waals surface area contributed by atoms with Gasteiger partial charge in [0.25, 0.3) is 5.91 Å². The second-order valence-corrected chi connectivity index (χ2v) is 6.72. The van der Waals surface area contributed by atoms with Gasteiger partial charge in [-0.3, -0.25) is 4.79 Å². The summed E-state index contributed by atoms with van der Waals surface area (Å²) in [5.74, 6) is 1.46. The minimum atomic E-state index is -0.140. The first-order chi connectivity index (χ1) is 10.2. The highest BCUT2D eigenvalue weighted by Crippen LogP contribution is 2.24. The first-order valence-corrected chi connectivity index (χ1v) is 8.34. The summed E-state index contributed by atoms with van der Waals surface area (Å²) >= 11 is 1.95. The number of benzene rings is 1. The second kappa shape index (κ2) is 6.35. The molecule has 1 aliphatic heterocycles. The molecule has 3 N–H and O–H groups in total. The van der Waals surface area contributed by atoms with Crippen molar-refractivity contribution in [3.05, 3.63) is 36.0 Å². The standard InChI is InChI=1S/C16H19N3OS/c17-15-13-7-2-1-5-11(13)9-14(19-15)16(20)18-10-12-6-3-4-8-21-12/h1-2,5,7,9,12H,3-4,6,8,10H2,(H2,17,19)(H,18,20). The molecule has 21 heavy (non-hydrogen) atoms. The summed E-state index contributed by atoms with van der Waals surface area (Å²) in [6.45, 7) is 0.706. The highest BCUT2D eigenvalue weighted by Gasteiger charge is 2.16. The maximum atomic E-state index is 12.2. The largest absolute Gasteiger partial charge is 0.383 e. The highest BCUT2D eigenvalue weighted by atomic mass is 32.2. The molecule has 1 amide bonds. The Morgan fingerprint density at radius 1 is 1.38 bits per heavy atom. The van der Waals surface area contributed by atoms with Gasteiger partial charge in [-0.15, -0.1) is 0 Å². The first-order valence-electron chi connectivity index (χ1n) is 7.29. The van der Waals surface area contributed by atoms with Gasteiger partial charge in [0.1, 0.15) is 11.5 Å². The Morgan fingerprint density at radius 3 is 3.05 bits per heavy atom. The van der Waals surface area contributed by atoms with Gasteiger partial charge in [-0.2, -0.15) is 11.8 Å². The molecule has 1 aliphatic rings. The van der Waals surface area contributed by atoms with E-state index >= 15 is 0 Å². The lowest BCUT2D eigenvalue weighted by Crippen LogP contribution is -2.32. The van der Waals surface area contributed by atoms with Crippen molar-refractivity contribution in [1.29, 1.82) is 0 Å². The molecular formula is C16H19N3OS. The van der Waals surface area contributed by atoms with Crippen LogP contribution in [-0.2, 0) is 0 Å². The molecule has 1 unspecified atom stereocenters. The van der Waals surface area contributed by atoms with Gasteiger partial charge in [0.05, 0.1) is 0 Å². The van der Waals surface area contributed by atoms with E-state index in [1.54, 1.807) is 6.07 Å². The van der Waals surface area contributed by atoms with E-state index in [0.717, 1.165) is 10.8 Å². The van der Waals surface area contributed by atoms with Crippen molar-refractivity contribution in [2.75, 3.05) is 18.0 Å². The number of anilines is 1. The molecule has 0 spiro atoms. The van der Waals surface area contributed by atoms with Crippen molar-refractivity contribution < 1.29 is 4.79 Å². The Balaban J connectivity index is 1.72. The Hall–Kier alpha value is -1.75. The van der Waals surface area contributed by atoms with E-state index in [4.69, 9.17) is 5.73 Å². The van der Waals surface area contributed by atoms with Crippen molar-refractivity contribution in [3.63, 3.8) is 0 Å². The quantitative estimate of drug-likeness (QED) is 0.914. The zero-order valence-corrected chi connectivity index (χ0v) is 12.7. The van der Waals surface area contributed by atoms with Crippen molar-refractivity contribution in [2.24, 2.45) is 0 Å². The van der Waals surface area contributed by atoms with Gasteiger partial charge >= 0.3 is 0 Å². The molecule has 0 radical (unpaired) electrons. The molecule has 0 aliphatic carbocycles. The van der Waals surface area contributed by atoms with E-state index in [9.17, 15) is 4.79 Å². The highest BCUT2D eigenvalue weighted by molar-refractivity contribution is 7.99. The van der Waals surface area contributed by atoms with Crippen LogP contribution >= 0.6 is 11.8 Å². The molecule has 1 atom stereocenters. The summed E-state index contributed by atoms with van der Waals surface area (Å²) in [5.41, 5.74) is 6.33. The molecule has 0 bridgehead atoms. The van der Waals surface area contributed by atoms with Gasteiger partial charge in [0.15, 0.2) is 0 Å². The SMILES string of the molecule is Nc1nc(C(=O)NCC2CCCCS2)cc2ccccc12. The Labute approximate surface area is 128 Å². The van der Waals surface area contributed by atoms with Gasteiger partial charge in [-0.25, -0.2) is 4.98 Å². The zero-order valence-electron chi connectivity index (χ0n) is 11.8. The molecule has 1 saturated heterocycles. The predicted molar refractivity (Wildman–Crippen MR) is 88.6 cm³/mol. The average molecular weight is 301 g/mol. The third-order valence-electron chi connectivity index (χ3n) is 3.77. The number of aromatic nitrogens is 1. The maximum absolute atomic E-state index is 12.2. The molecule has 2 heterocycles. The van der Waals surface area contributed by atoms with Gasteiger partial charge in [0.2, 0.25) is 0 Å². The lowest BCUT2D eigenvalue weighted by atomic mass is 10.1. The van der Waals surface area contributed by atoms with Crippen molar-refractivity contribution in [1.82, 2.24) is 10.3 Å². The van der Waals surface area contributed by atoms with Gasteiger partial charge in [0, 0.05) is 17.2 Å². The number of nitrogen functional groups attached to an aromatic ring is 1. The third-order valence-corrected chi connectivity index (χ3v) is 5.16. The van der Waals surface area contributed by atoms with E-state index in [-0.39, 0.29) is 5.91 Å². The fourth-order valence-corrected chi connectivity index (χ4v) is 3.85. The molecule has 2 aromatic rings. The number of hydrogen-bond acceptors (Lipinski definition) is 4. The van der Waals surface area contributed by atoms with Crippen LogP contribution < -0.4 is 11.1 Å². The molecule has 5 heteroatoms. The third kappa shape index (κ3) is 3.29. The predicted octanol–water partition coefficient (Wildman–Crippen LogP) is 2.83. The summed E-state index contributed by atoms with van der Waals surface area (Å²) in [7, 11) is 0. The minimum absolute atomic E-state index is 0.140. The number of fused-ring (bicyclic) bond motifs is 1. The fourth-order valence-electron chi connectivity index (χ4n) is 2.61. The van der Waals surface area contributed by atoms with E-state index < -0.39 is 0 Å². The Bertz CT molecular complexity index is 653. The summed E-state index contributed by atoms with van der Waals surface area (Å²) in [4.78, 5) is 16.5. The Kier molecular flexibility index (Phi) is 4.29. The number of rotatable bonds is 3. The lowest BCUT2D eigenvalue weighted by molar-refractivity contribution is 0.0948. The van der Waals surface area contributed by atoms with Crippen LogP contribution in [0.2, 0.25) is 0 Å². The van der Waals surface area contributed by atoms with Crippen LogP contribution in [0, 0.1) is 0 Å². The van der Waals surface area contributed by atoms with Crippen LogP contribution in [0.4, 0.5) is 5.82 Å². The summed E-state index contributed by atoms with van der Waals surface area (Å²) in [5, 5.41) is 5.34. The van der Waals surface area contributed by atoms with Crippen molar-refractivity contribution >= 4 is 34.3 Å². The number of nitrogens with zero attached hydrogens (tertiary/aromatic N) is 1. The summed E-state index contributed by atoms with van der Waals surface area (Å²) < 4.78 is 0. The van der Waals surface area contributed by atoms with Crippen LogP contribution in [0.1, 0.15) is 29.8 Å². The van der Waals surface area contributed by atoms with Crippen molar-refractivity contribution in [3.8, 4) is 0 Å². The fraction of sp³-hybridized carbons (Fsp3) is 0.375. The van der Waals surface area contributed by atoms with E-state index in [2.05, 4.69) is 10.3 Å². The zero-order chi connectivity index (χ0) is 14.7. The van der Waals surface area contributed by atoms with Crippen LogP contribution in [-0.4, -0.2) is 28.4 Å². The second-order valence-electron chi connectivity index (χ2n) is 5.31. The van der Waals surface area contributed by atoms with E-state index in [0.29, 0.717) is 23.3 Å². The number of pyridine rings is 1. The summed E-state index contributed by atoms with van der Waals surface area (Å²) in [6, 6.07) is 9.51. The maximum Gasteiger partial charge on any atom is 0.270 e. The number of carbonyl (C=O) groups excluding carboxylic acids is 1. The molecule has 1 fully saturated rings. The van der Waals surface area contributed by atoms with Gasteiger partial charge < -0.3 is 11.1 Å². The Morgan fingerprint density at radius 2 is 2.24 bits per heavy atom. The number of amides is 1. The van der Waals surface area contributed by atoms with Crippen LogP contribution in [0.3, 0.4) is 0 Å². The minimum Gasteiger partial charge on any atom is -0.383 e. The number of nitrogens with one attached hydrogen (secondary N) is 1. The first kappa shape index (κ1) is 14.2. The van der Waals surface area contributed by atoms with Gasteiger partial charge in [-0.1, -0.05) is 30.7 Å². The van der Waals surface area contributed by atoms with E-state index in [1.807, 2.05) is 36.0 Å². The molecule has 3 rings (SSSR count). The van der Waals surface area contributed by atoms with Gasteiger partial charge in [-0.05, 0) is 30.0 Å². The smallest absolute Gasteiger partial charge is 0.270 e.